The van der Waals surface area contributed by atoms with E-state index < -0.39 is 6.03 Å². The van der Waals surface area contributed by atoms with Gasteiger partial charge in [-0.2, -0.15) is 4.99 Å². The lowest BCUT2D eigenvalue weighted by molar-refractivity contribution is -0.115. The van der Waals surface area contributed by atoms with Gasteiger partial charge in [-0.3, -0.25) is 14.5 Å². The maximum atomic E-state index is 12.6. The molecule has 0 bridgehead atoms. The van der Waals surface area contributed by atoms with Crippen LogP contribution in [-0.4, -0.2) is 36.3 Å². The Labute approximate surface area is 180 Å². The van der Waals surface area contributed by atoms with Gasteiger partial charge in [0.1, 0.15) is 0 Å². The summed E-state index contributed by atoms with van der Waals surface area (Å²) in [6, 6.07) is 12.2. The Hall–Kier alpha value is -3.13. The number of nitrogens with one attached hydrogen (secondary N) is 1. The van der Waals surface area contributed by atoms with Crippen molar-refractivity contribution < 1.29 is 14.4 Å². The summed E-state index contributed by atoms with van der Waals surface area (Å²) in [7, 11) is 1.65. The summed E-state index contributed by atoms with van der Waals surface area (Å²) in [5.41, 5.74) is 4.08. The largest absolute Gasteiger partial charge is 0.347 e. The van der Waals surface area contributed by atoms with E-state index in [1.165, 1.54) is 21.6 Å². The second-order valence-electron chi connectivity index (χ2n) is 7.32. The first-order valence-electron chi connectivity index (χ1n) is 9.54. The summed E-state index contributed by atoms with van der Waals surface area (Å²) < 4.78 is 0. The van der Waals surface area contributed by atoms with E-state index in [9.17, 15) is 14.4 Å². The highest BCUT2D eigenvalue weighted by Crippen LogP contribution is 2.34. The van der Waals surface area contributed by atoms with Crippen molar-refractivity contribution in [2.24, 2.45) is 4.99 Å². The SMILES string of the molecule is Cc1ccc(C(C)C)c(N2C(=O)CS/C2=N\C(=O)Nc2ccc(N(C)C=O)cc2)c1. The highest BCUT2D eigenvalue weighted by Gasteiger charge is 2.32. The van der Waals surface area contributed by atoms with Crippen LogP contribution >= 0.6 is 11.8 Å². The standard InChI is InChI=1S/C22H24N4O3S/c1-14(2)18-10-5-15(3)11-19(18)26-20(28)12-30-22(26)24-21(29)23-16-6-8-17(9-7-16)25(4)13-27/h5-11,13-14H,12H2,1-4H3,(H,23,29)/b24-22-. The predicted molar refractivity (Wildman–Crippen MR) is 123 cm³/mol. The van der Waals surface area contributed by atoms with E-state index in [1.54, 1.807) is 31.3 Å². The van der Waals surface area contributed by atoms with Crippen LogP contribution in [0.2, 0.25) is 0 Å². The number of nitrogens with zero attached hydrogens (tertiary/aromatic N) is 3. The van der Waals surface area contributed by atoms with Gasteiger partial charge in [-0.15, -0.1) is 0 Å². The molecule has 1 aliphatic heterocycles. The van der Waals surface area contributed by atoms with Gasteiger partial charge in [0.25, 0.3) is 0 Å². The van der Waals surface area contributed by atoms with Crippen LogP contribution in [0, 0.1) is 6.92 Å². The average Bonchev–Trinajstić information content (AvgIpc) is 3.07. The zero-order valence-electron chi connectivity index (χ0n) is 17.4. The van der Waals surface area contributed by atoms with Crippen LogP contribution < -0.4 is 15.1 Å². The topological polar surface area (TPSA) is 82.1 Å². The molecule has 1 saturated heterocycles. The zero-order valence-corrected chi connectivity index (χ0v) is 18.2. The number of amidine groups is 1. The van der Waals surface area contributed by atoms with Crippen LogP contribution in [0.3, 0.4) is 0 Å². The third kappa shape index (κ3) is 4.71. The maximum absolute atomic E-state index is 12.6. The van der Waals surface area contributed by atoms with E-state index in [1.807, 2.05) is 25.1 Å². The zero-order chi connectivity index (χ0) is 21.8. The van der Waals surface area contributed by atoms with Crippen LogP contribution in [0.25, 0.3) is 0 Å². The van der Waals surface area contributed by atoms with Crippen LogP contribution in [0.1, 0.15) is 30.9 Å². The van der Waals surface area contributed by atoms with E-state index in [4.69, 9.17) is 0 Å². The number of aliphatic imine (C=N–C) groups is 1. The van der Waals surface area contributed by atoms with Gasteiger partial charge in [0, 0.05) is 18.4 Å². The molecule has 0 radical (unpaired) electrons. The van der Waals surface area contributed by atoms with Gasteiger partial charge in [-0.1, -0.05) is 37.7 Å². The highest BCUT2D eigenvalue weighted by molar-refractivity contribution is 8.15. The number of anilines is 3. The van der Waals surface area contributed by atoms with Crippen LogP contribution in [-0.2, 0) is 9.59 Å². The molecule has 30 heavy (non-hydrogen) atoms. The number of thioether (sulfide) groups is 1. The Morgan fingerprint density at radius 1 is 1.23 bits per heavy atom. The third-order valence-corrected chi connectivity index (χ3v) is 5.62. The molecule has 7 nitrogen and oxygen atoms in total. The molecule has 0 unspecified atom stereocenters. The molecule has 1 aliphatic rings. The average molecular weight is 425 g/mol. The summed E-state index contributed by atoms with van der Waals surface area (Å²) in [4.78, 5) is 43.0. The first-order valence-corrected chi connectivity index (χ1v) is 10.5. The number of hydrogen-bond acceptors (Lipinski definition) is 4. The smallest absolute Gasteiger partial charge is 0.318 e. The number of urea groups is 1. The minimum absolute atomic E-state index is 0.0969. The van der Waals surface area contributed by atoms with E-state index in [0.29, 0.717) is 23.0 Å². The number of carbonyl (C=O) groups is 3. The van der Waals surface area contributed by atoms with Crippen molar-refractivity contribution in [2.75, 3.05) is 27.9 Å². The van der Waals surface area contributed by atoms with Crippen molar-refractivity contribution >= 4 is 52.3 Å². The summed E-state index contributed by atoms with van der Waals surface area (Å²) >= 11 is 1.25. The first-order chi connectivity index (χ1) is 14.3. The second kappa shape index (κ2) is 9.13. The van der Waals surface area contributed by atoms with E-state index in [2.05, 4.69) is 24.2 Å². The van der Waals surface area contributed by atoms with Gasteiger partial charge in [-0.25, -0.2) is 4.79 Å². The van der Waals surface area contributed by atoms with Crippen LogP contribution in [0.15, 0.2) is 47.5 Å². The fraction of sp³-hybridized carbons (Fsp3) is 0.273. The second-order valence-corrected chi connectivity index (χ2v) is 8.27. The molecule has 1 fully saturated rings. The van der Waals surface area contributed by atoms with Crippen LogP contribution in [0.5, 0.6) is 0 Å². The van der Waals surface area contributed by atoms with Crippen molar-refractivity contribution in [2.45, 2.75) is 26.7 Å². The molecule has 1 heterocycles. The number of carbonyl (C=O) groups excluding carboxylic acids is 3. The van der Waals surface area contributed by atoms with E-state index in [0.717, 1.165) is 16.8 Å². The molecule has 3 rings (SSSR count). The van der Waals surface area contributed by atoms with Gasteiger partial charge in [0.2, 0.25) is 12.3 Å². The first kappa shape index (κ1) is 21.6. The van der Waals surface area contributed by atoms with Gasteiger partial charge in [-0.05, 0) is 54.3 Å². The number of aryl methyl sites for hydroxylation is 1. The fourth-order valence-electron chi connectivity index (χ4n) is 3.10. The van der Waals surface area contributed by atoms with E-state index in [-0.39, 0.29) is 17.6 Å². The van der Waals surface area contributed by atoms with Gasteiger partial charge in [0.05, 0.1) is 11.4 Å². The molecule has 156 valence electrons. The minimum atomic E-state index is -0.563. The maximum Gasteiger partial charge on any atom is 0.347 e. The Kier molecular flexibility index (Phi) is 6.56. The Morgan fingerprint density at radius 2 is 1.93 bits per heavy atom. The van der Waals surface area contributed by atoms with Crippen LogP contribution in [0.4, 0.5) is 21.9 Å². The lowest BCUT2D eigenvalue weighted by atomic mass is 9.99. The number of amides is 4. The Morgan fingerprint density at radius 3 is 2.57 bits per heavy atom. The molecule has 4 amide bonds. The summed E-state index contributed by atoms with van der Waals surface area (Å²) in [5.74, 6) is 0.363. The molecule has 0 spiro atoms. The molecular formula is C22H24N4O3S. The number of rotatable bonds is 5. The Bertz CT molecular complexity index is 1000. The molecule has 0 aliphatic carbocycles. The molecule has 2 aromatic carbocycles. The summed E-state index contributed by atoms with van der Waals surface area (Å²) in [5, 5.41) is 3.07. The molecule has 0 saturated carbocycles. The molecule has 2 aromatic rings. The number of benzene rings is 2. The van der Waals surface area contributed by atoms with Gasteiger partial charge >= 0.3 is 6.03 Å². The Balaban J connectivity index is 1.84. The van der Waals surface area contributed by atoms with Crippen molar-refractivity contribution in [3.8, 4) is 0 Å². The summed E-state index contributed by atoms with van der Waals surface area (Å²) in [6.07, 6.45) is 0.708. The van der Waals surface area contributed by atoms with E-state index >= 15 is 0 Å². The van der Waals surface area contributed by atoms with Gasteiger partial charge in [0.15, 0.2) is 5.17 Å². The predicted octanol–water partition coefficient (Wildman–Crippen LogP) is 4.38. The van der Waals surface area contributed by atoms with Crippen molar-refractivity contribution in [3.63, 3.8) is 0 Å². The van der Waals surface area contributed by atoms with Crippen molar-refractivity contribution in [1.82, 2.24) is 0 Å². The lowest BCUT2D eigenvalue weighted by Gasteiger charge is -2.22. The fourth-order valence-corrected chi connectivity index (χ4v) is 3.95. The molecule has 1 N–H and O–H groups in total. The molecule has 0 aromatic heterocycles. The van der Waals surface area contributed by atoms with Crippen molar-refractivity contribution in [1.29, 1.82) is 0 Å². The van der Waals surface area contributed by atoms with Gasteiger partial charge < -0.3 is 10.2 Å². The monoisotopic (exact) mass is 424 g/mol. The normalized spacial score (nSPS) is 15.0. The number of hydrogen-bond donors (Lipinski definition) is 1. The third-order valence-electron chi connectivity index (χ3n) is 4.70. The summed E-state index contributed by atoms with van der Waals surface area (Å²) in [6.45, 7) is 6.10. The molecule has 8 heteroatoms. The molecular weight excluding hydrogens is 400 g/mol. The van der Waals surface area contributed by atoms with Crippen molar-refractivity contribution in [3.05, 3.63) is 53.6 Å². The molecule has 0 atom stereocenters. The lowest BCUT2D eigenvalue weighted by Crippen LogP contribution is -2.31. The minimum Gasteiger partial charge on any atom is -0.318 e. The highest BCUT2D eigenvalue weighted by atomic mass is 32.2. The quantitative estimate of drug-likeness (QED) is 0.722.